The van der Waals surface area contributed by atoms with Crippen LogP contribution in [0, 0.1) is 0 Å². The maximum absolute atomic E-state index is 12.7. The fourth-order valence-electron chi connectivity index (χ4n) is 3.29. The summed E-state index contributed by atoms with van der Waals surface area (Å²) in [7, 11) is -1.13. The summed E-state index contributed by atoms with van der Waals surface area (Å²) in [5.41, 5.74) is 6.36. The summed E-state index contributed by atoms with van der Waals surface area (Å²) in [5.74, 6) is 0.711. The van der Waals surface area contributed by atoms with Crippen LogP contribution in [0.4, 0.5) is 10.5 Å². The Bertz CT molecular complexity index is 755. The topological polar surface area (TPSA) is 92.4 Å². The number of nitrogens with two attached hydrogens (primary N) is 1. The molecule has 0 aliphatic carbocycles. The van der Waals surface area contributed by atoms with Crippen molar-refractivity contribution in [3.05, 3.63) is 28.2 Å². The largest absolute Gasteiger partial charge is 0.378 e. The Hall–Kier alpha value is -1.20. The number of carbonyl (C=O) groups is 1. The van der Waals surface area contributed by atoms with Crippen molar-refractivity contribution in [2.45, 2.75) is 12.5 Å². The first kappa shape index (κ1) is 23.5. The van der Waals surface area contributed by atoms with Crippen LogP contribution in [0.25, 0.3) is 0 Å². The minimum atomic E-state index is -1.13. The number of amidine groups is 1. The normalized spacial score (nSPS) is 17.6. The van der Waals surface area contributed by atoms with Gasteiger partial charge in [-0.1, -0.05) is 23.2 Å². The fraction of sp³-hybridized carbons (Fsp3) is 0.579. The van der Waals surface area contributed by atoms with Crippen molar-refractivity contribution in [1.82, 2.24) is 10.2 Å². The van der Waals surface area contributed by atoms with Crippen molar-refractivity contribution in [3.63, 3.8) is 0 Å². The van der Waals surface area contributed by atoms with Gasteiger partial charge in [-0.25, -0.2) is 0 Å². The number of anilines is 1. The van der Waals surface area contributed by atoms with Gasteiger partial charge in [0.05, 0.1) is 42.2 Å². The number of nitrogens with zero attached hydrogens (tertiary/aromatic N) is 3. The first-order valence-electron chi connectivity index (χ1n) is 10.1. The molecule has 8 nitrogen and oxygen atoms in total. The van der Waals surface area contributed by atoms with Crippen LogP contribution in [0.15, 0.2) is 23.3 Å². The molecule has 1 saturated heterocycles. The Balaban J connectivity index is 1.37. The second-order valence-electron chi connectivity index (χ2n) is 7.12. The summed E-state index contributed by atoms with van der Waals surface area (Å²) in [5, 5.41) is 10.4. The van der Waals surface area contributed by atoms with Gasteiger partial charge in [-0.15, -0.1) is 0 Å². The molecule has 3 N–H and O–H groups in total. The number of hydrogen-bond acceptors (Lipinski definition) is 7. The third-order valence-electron chi connectivity index (χ3n) is 4.91. The van der Waals surface area contributed by atoms with Crippen molar-refractivity contribution in [3.8, 4) is 0 Å². The highest BCUT2D eigenvalue weighted by Gasteiger charge is 2.31. The van der Waals surface area contributed by atoms with Crippen LogP contribution in [-0.4, -0.2) is 83.8 Å². The van der Waals surface area contributed by atoms with E-state index in [4.69, 9.17) is 38.4 Å². The van der Waals surface area contributed by atoms with Gasteiger partial charge in [0, 0.05) is 32.2 Å². The highest BCUT2D eigenvalue weighted by atomic mass is 35.5. The van der Waals surface area contributed by atoms with E-state index >= 15 is 0 Å². The molecule has 165 valence electrons. The fourth-order valence-corrected chi connectivity index (χ4v) is 5.88. The molecule has 2 aliphatic rings. The van der Waals surface area contributed by atoms with Gasteiger partial charge < -0.3 is 25.4 Å². The van der Waals surface area contributed by atoms with Crippen LogP contribution in [0.5, 0.6) is 0 Å². The van der Waals surface area contributed by atoms with Crippen molar-refractivity contribution in [1.29, 1.82) is 0 Å². The lowest BCUT2D eigenvalue weighted by Gasteiger charge is -2.15. The molecule has 0 atom stereocenters. The Morgan fingerprint density at radius 3 is 2.73 bits per heavy atom. The Morgan fingerprint density at radius 1 is 1.17 bits per heavy atom. The number of rotatable bonds is 10. The molecular formula is C19H28Cl2N5O3Si. The van der Waals surface area contributed by atoms with E-state index in [0.29, 0.717) is 61.8 Å². The molecule has 1 radical (unpaired) electrons. The standard InChI is InChI=1S/C19H28Cl2N5O3Si/c20-16-2-1-15(13-17(16)21)26-5-3-18(24-26)23-19(27)30-12-7-25(14-30)6-9-29-11-10-28-8-4-22/h1-2,13H,3-12,14,22H2,(H,23,24,27). The quantitative estimate of drug-likeness (QED) is 0.400. The predicted octanol–water partition coefficient (Wildman–Crippen LogP) is 2.15. The van der Waals surface area contributed by atoms with E-state index in [9.17, 15) is 4.79 Å². The second kappa shape index (κ2) is 12.0. The number of amides is 1. The summed E-state index contributed by atoms with van der Waals surface area (Å²) < 4.78 is 10.9. The maximum atomic E-state index is 12.7. The summed E-state index contributed by atoms with van der Waals surface area (Å²) in [6, 6.07) is 6.35. The number of benzene rings is 1. The highest BCUT2D eigenvalue weighted by molar-refractivity contribution is 6.91. The molecule has 30 heavy (non-hydrogen) atoms. The number of carbonyl (C=O) groups excluding carboxylic acids is 1. The lowest BCUT2D eigenvalue weighted by molar-refractivity contribution is 0.0438. The minimum absolute atomic E-state index is 0.133. The average molecular weight is 473 g/mol. The zero-order chi connectivity index (χ0) is 21.3. The average Bonchev–Trinajstić information content (AvgIpc) is 3.39. The van der Waals surface area contributed by atoms with Crippen LogP contribution in [0.3, 0.4) is 0 Å². The molecule has 1 fully saturated rings. The summed E-state index contributed by atoms with van der Waals surface area (Å²) in [6.45, 7) is 5.36. The lowest BCUT2D eigenvalue weighted by Crippen LogP contribution is -2.42. The zero-order valence-electron chi connectivity index (χ0n) is 16.9. The van der Waals surface area contributed by atoms with Crippen LogP contribution < -0.4 is 16.1 Å². The predicted molar refractivity (Wildman–Crippen MR) is 122 cm³/mol. The van der Waals surface area contributed by atoms with Gasteiger partial charge in [0.1, 0.15) is 5.84 Å². The Kier molecular flexibility index (Phi) is 9.38. The third-order valence-corrected chi connectivity index (χ3v) is 8.07. The van der Waals surface area contributed by atoms with E-state index in [1.165, 1.54) is 0 Å². The van der Waals surface area contributed by atoms with Crippen molar-refractivity contribution < 1.29 is 14.3 Å². The van der Waals surface area contributed by atoms with Crippen molar-refractivity contribution in [2.75, 3.05) is 63.8 Å². The van der Waals surface area contributed by atoms with Gasteiger partial charge in [0.25, 0.3) is 0 Å². The SMILES string of the molecule is NCCOCCOCCN1CC[Si](C(=O)NC2=NN(c3ccc(Cl)c(Cl)c3)CC2)C1. The molecule has 0 aromatic heterocycles. The van der Waals surface area contributed by atoms with Crippen LogP contribution >= 0.6 is 23.2 Å². The second-order valence-corrected chi connectivity index (χ2v) is 10.4. The summed E-state index contributed by atoms with van der Waals surface area (Å²) in [4.78, 5) is 15.0. The molecule has 1 aromatic rings. The van der Waals surface area contributed by atoms with Gasteiger partial charge in [0.15, 0.2) is 14.3 Å². The Morgan fingerprint density at radius 2 is 1.97 bits per heavy atom. The molecule has 1 amide bonds. The minimum Gasteiger partial charge on any atom is -0.378 e. The van der Waals surface area contributed by atoms with E-state index in [2.05, 4.69) is 15.3 Å². The molecule has 3 rings (SSSR count). The molecule has 2 heterocycles. The smallest absolute Gasteiger partial charge is 0.197 e. The highest BCUT2D eigenvalue weighted by Crippen LogP contribution is 2.28. The third kappa shape index (κ3) is 6.91. The van der Waals surface area contributed by atoms with Gasteiger partial charge >= 0.3 is 0 Å². The maximum Gasteiger partial charge on any atom is 0.197 e. The van der Waals surface area contributed by atoms with E-state index < -0.39 is 8.80 Å². The first-order chi connectivity index (χ1) is 14.6. The number of nitrogens with one attached hydrogen (secondary N) is 1. The Labute approximate surface area is 188 Å². The molecule has 1 aromatic carbocycles. The zero-order valence-corrected chi connectivity index (χ0v) is 19.4. The van der Waals surface area contributed by atoms with E-state index in [1.807, 2.05) is 11.1 Å². The van der Waals surface area contributed by atoms with E-state index in [0.717, 1.165) is 31.0 Å². The van der Waals surface area contributed by atoms with Crippen LogP contribution in [0.2, 0.25) is 16.1 Å². The molecule has 11 heteroatoms. The van der Waals surface area contributed by atoms with Crippen LogP contribution in [0.1, 0.15) is 6.42 Å². The van der Waals surface area contributed by atoms with E-state index in [-0.39, 0.29) is 5.53 Å². The van der Waals surface area contributed by atoms with Gasteiger partial charge in [0.2, 0.25) is 0 Å². The van der Waals surface area contributed by atoms with Crippen molar-refractivity contribution in [2.24, 2.45) is 10.8 Å². The first-order valence-corrected chi connectivity index (χ1v) is 12.8. The molecule has 2 aliphatic heterocycles. The molecule has 0 unspecified atom stereocenters. The molecular weight excluding hydrogens is 445 g/mol. The van der Waals surface area contributed by atoms with Crippen LogP contribution in [-0.2, 0) is 9.47 Å². The lowest BCUT2D eigenvalue weighted by atomic mass is 10.3. The molecule has 0 saturated carbocycles. The monoisotopic (exact) mass is 472 g/mol. The summed E-state index contributed by atoms with van der Waals surface area (Å²) >= 11 is 12.1. The number of ether oxygens (including phenoxy) is 2. The van der Waals surface area contributed by atoms with E-state index in [1.54, 1.807) is 12.1 Å². The molecule has 0 bridgehead atoms. The number of halogens is 2. The van der Waals surface area contributed by atoms with Gasteiger partial charge in [-0.2, -0.15) is 5.10 Å². The van der Waals surface area contributed by atoms with Gasteiger partial charge in [-0.05, 0) is 30.8 Å². The van der Waals surface area contributed by atoms with Crippen molar-refractivity contribution >= 4 is 49.1 Å². The number of hydrogen-bond donors (Lipinski definition) is 2. The van der Waals surface area contributed by atoms with Gasteiger partial charge in [-0.3, -0.25) is 9.80 Å². The molecule has 0 spiro atoms. The summed E-state index contributed by atoms with van der Waals surface area (Å²) in [6.07, 6.45) is 1.54. The number of hydrazone groups is 1.